The first-order chi connectivity index (χ1) is 9.38. The van der Waals surface area contributed by atoms with Crippen LogP contribution in [0, 0.1) is 12.7 Å². The van der Waals surface area contributed by atoms with Crippen LogP contribution < -0.4 is 5.73 Å². The molecule has 1 aromatic carbocycles. The average Bonchev–Trinajstić information content (AvgIpc) is 2.71. The molecule has 106 valence electrons. The minimum atomic E-state index is -0.404. The van der Waals surface area contributed by atoms with Gasteiger partial charge in [-0.1, -0.05) is 29.0 Å². The fourth-order valence-corrected chi connectivity index (χ4v) is 2.82. The number of carbonyl (C=O) groups excluding carboxylic acids is 1. The maximum atomic E-state index is 13.0. The van der Waals surface area contributed by atoms with Crippen molar-refractivity contribution in [3.8, 4) is 0 Å². The second-order valence-electron chi connectivity index (χ2n) is 4.36. The lowest BCUT2D eigenvalue weighted by Gasteiger charge is -2.17. The topological polar surface area (TPSA) is 59.2 Å². The monoisotopic (exact) mass is 313 g/mol. The van der Waals surface area contributed by atoms with Gasteiger partial charge in [0.2, 0.25) is 0 Å². The molecule has 0 aliphatic rings. The number of nitrogen functional groups attached to an aromatic ring is 1. The lowest BCUT2D eigenvalue weighted by atomic mass is 10.2. The number of hydrogen-bond acceptors (Lipinski definition) is 4. The van der Waals surface area contributed by atoms with Crippen molar-refractivity contribution in [3.63, 3.8) is 0 Å². The van der Waals surface area contributed by atoms with Crippen molar-refractivity contribution in [2.45, 2.75) is 13.5 Å². The predicted octanol–water partition coefficient (Wildman–Crippen LogP) is 3.10. The maximum absolute atomic E-state index is 13.0. The Bertz CT molecular complexity index is 659. The molecular formula is C13H13ClFN3OS. The van der Waals surface area contributed by atoms with E-state index in [1.807, 2.05) is 0 Å². The summed E-state index contributed by atoms with van der Waals surface area (Å²) in [5, 5.41) is 0.657. The number of nitrogens with two attached hydrogens (primary N) is 1. The minimum Gasteiger partial charge on any atom is -0.375 e. The number of hydrogen-bond donors (Lipinski definition) is 1. The standard InChI is InChI=1S/C13H13ClFN3OS/c1-7-11(20-13(16)17-7)12(19)18(2)6-8-3-4-9(15)5-10(8)14/h3-5H,6H2,1-2H3,(H2,16,17). The summed E-state index contributed by atoms with van der Waals surface area (Å²) in [6, 6.07) is 4.11. The van der Waals surface area contributed by atoms with Gasteiger partial charge in [-0.25, -0.2) is 9.37 Å². The van der Waals surface area contributed by atoms with Gasteiger partial charge in [-0.3, -0.25) is 4.79 Å². The summed E-state index contributed by atoms with van der Waals surface area (Å²) < 4.78 is 13.0. The van der Waals surface area contributed by atoms with Gasteiger partial charge in [-0.2, -0.15) is 0 Å². The zero-order valence-electron chi connectivity index (χ0n) is 11.0. The molecule has 2 aromatic rings. The normalized spacial score (nSPS) is 10.6. The largest absolute Gasteiger partial charge is 0.375 e. The summed E-state index contributed by atoms with van der Waals surface area (Å²) in [6.07, 6.45) is 0. The van der Waals surface area contributed by atoms with Gasteiger partial charge < -0.3 is 10.6 Å². The van der Waals surface area contributed by atoms with E-state index >= 15 is 0 Å². The summed E-state index contributed by atoms with van der Waals surface area (Å²) >= 11 is 7.10. The molecule has 7 heteroatoms. The van der Waals surface area contributed by atoms with Crippen molar-refractivity contribution in [2.24, 2.45) is 0 Å². The highest BCUT2D eigenvalue weighted by atomic mass is 35.5. The second kappa shape index (κ2) is 5.76. The van der Waals surface area contributed by atoms with Gasteiger partial charge in [0.15, 0.2) is 5.13 Å². The molecule has 0 fully saturated rings. The van der Waals surface area contributed by atoms with Crippen LogP contribution in [0.2, 0.25) is 5.02 Å². The lowest BCUT2D eigenvalue weighted by molar-refractivity contribution is 0.0789. The molecule has 0 saturated heterocycles. The average molecular weight is 314 g/mol. The molecule has 2 N–H and O–H groups in total. The van der Waals surface area contributed by atoms with Crippen LogP contribution in [0.25, 0.3) is 0 Å². The highest BCUT2D eigenvalue weighted by molar-refractivity contribution is 7.17. The van der Waals surface area contributed by atoms with Gasteiger partial charge in [0, 0.05) is 18.6 Å². The van der Waals surface area contributed by atoms with E-state index in [-0.39, 0.29) is 12.5 Å². The maximum Gasteiger partial charge on any atom is 0.265 e. The Balaban J connectivity index is 2.17. The highest BCUT2D eigenvalue weighted by Gasteiger charge is 2.19. The van der Waals surface area contributed by atoms with E-state index in [4.69, 9.17) is 17.3 Å². The van der Waals surface area contributed by atoms with Gasteiger partial charge in [0.25, 0.3) is 5.91 Å². The quantitative estimate of drug-likeness (QED) is 0.947. The predicted molar refractivity (Wildman–Crippen MR) is 78.5 cm³/mol. The van der Waals surface area contributed by atoms with Crippen LogP contribution in [0.4, 0.5) is 9.52 Å². The molecule has 0 saturated carbocycles. The smallest absolute Gasteiger partial charge is 0.265 e. The molecule has 0 radical (unpaired) electrons. The van der Waals surface area contributed by atoms with Crippen LogP contribution in [-0.4, -0.2) is 22.8 Å². The number of rotatable bonds is 3. The van der Waals surface area contributed by atoms with E-state index in [1.165, 1.54) is 17.0 Å². The molecule has 2 rings (SSSR count). The number of benzene rings is 1. The molecule has 1 heterocycles. The van der Waals surface area contributed by atoms with Gasteiger partial charge in [-0.05, 0) is 24.6 Å². The van der Waals surface area contributed by atoms with Gasteiger partial charge in [0.05, 0.1) is 5.69 Å². The van der Waals surface area contributed by atoms with Gasteiger partial charge >= 0.3 is 0 Å². The van der Waals surface area contributed by atoms with Crippen LogP contribution in [0.3, 0.4) is 0 Å². The lowest BCUT2D eigenvalue weighted by Crippen LogP contribution is -2.26. The van der Waals surface area contributed by atoms with Crippen LogP contribution in [-0.2, 0) is 6.54 Å². The van der Waals surface area contributed by atoms with E-state index in [1.54, 1.807) is 20.0 Å². The molecule has 1 amide bonds. The van der Waals surface area contributed by atoms with Gasteiger partial charge in [-0.15, -0.1) is 0 Å². The summed E-state index contributed by atoms with van der Waals surface area (Å²) in [6.45, 7) is 2.02. The van der Waals surface area contributed by atoms with Crippen LogP contribution >= 0.6 is 22.9 Å². The molecule has 4 nitrogen and oxygen atoms in total. The Labute approximate surface area is 125 Å². The number of amides is 1. The molecular weight excluding hydrogens is 301 g/mol. The Hall–Kier alpha value is -1.66. The molecule has 0 spiro atoms. The van der Waals surface area contributed by atoms with Crippen molar-refractivity contribution in [1.82, 2.24) is 9.88 Å². The number of nitrogens with zero attached hydrogens (tertiary/aromatic N) is 2. The molecule has 20 heavy (non-hydrogen) atoms. The minimum absolute atomic E-state index is 0.183. The SMILES string of the molecule is Cc1nc(N)sc1C(=O)N(C)Cc1ccc(F)cc1Cl. The van der Waals surface area contributed by atoms with E-state index in [0.29, 0.717) is 26.3 Å². The van der Waals surface area contributed by atoms with E-state index < -0.39 is 5.82 Å². The van der Waals surface area contributed by atoms with Crippen molar-refractivity contribution in [2.75, 3.05) is 12.8 Å². The van der Waals surface area contributed by atoms with E-state index in [0.717, 1.165) is 11.3 Å². The van der Waals surface area contributed by atoms with Crippen molar-refractivity contribution in [1.29, 1.82) is 0 Å². The molecule has 0 aliphatic heterocycles. The van der Waals surface area contributed by atoms with Crippen molar-refractivity contribution < 1.29 is 9.18 Å². The summed E-state index contributed by atoms with van der Waals surface area (Å²) in [5.41, 5.74) is 6.87. The number of anilines is 1. The number of aryl methyl sites for hydroxylation is 1. The highest BCUT2D eigenvalue weighted by Crippen LogP contribution is 2.23. The first-order valence-corrected chi connectivity index (χ1v) is 7.00. The van der Waals surface area contributed by atoms with Gasteiger partial charge in [0.1, 0.15) is 10.7 Å². The number of thiazole rings is 1. The first-order valence-electron chi connectivity index (χ1n) is 5.80. The first kappa shape index (κ1) is 14.7. The number of halogens is 2. The molecule has 0 aliphatic carbocycles. The Morgan fingerprint density at radius 1 is 1.55 bits per heavy atom. The third-order valence-corrected chi connectivity index (χ3v) is 4.10. The summed E-state index contributed by atoms with van der Waals surface area (Å²) in [5.74, 6) is -0.587. The fraction of sp³-hybridized carbons (Fsp3) is 0.231. The Morgan fingerprint density at radius 2 is 2.25 bits per heavy atom. The van der Waals surface area contributed by atoms with Crippen molar-refractivity contribution in [3.05, 3.63) is 45.2 Å². The van der Waals surface area contributed by atoms with Crippen LogP contribution in [0.15, 0.2) is 18.2 Å². The van der Waals surface area contributed by atoms with Crippen LogP contribution in [0.1, 0.15) is 20.9 Å². The molecule has 0 unspecified atom stereocenters. The number of carbonyl (C=O) groups is 1. The van der Waals surface area contributed by atoms with Crippen molar-refractivity contribution >= 4 is 34.0 Å². The van der Waals surface area contributed by atoms with E-state index in [9.17, 15) is 9.18 Å². The zero-order valence-corrected chi connectivity index (χ0v) is 12.6. The Kier molecular flexibility index (Phi) is 4.25. The third-order valence-electron chi connectivity index (χ3n) is 2.78. The zero-order chi connectivity index (χ0) is 14.9. The van der Waals surface area contributed by atoms with E-state index in [2.05, 4.69) is 4.98 Å². The summed E-state index contributed by atoms with van der Waals surface area (Å²) in [4.78, 5) is 18.3. The number of aromatic nitrogens is 1. The molecule has 1 aromatic heterocycles. The molecule has 0 atom stereocenters. The Morgan fingerprint density at radius 3 is 2.80 bits per heavy atom. The fourth-order valence-electron chi connectivity index (χ4n) is 1.77. The van der Waals surface area contributed by atoms with Crippen LogP contribution in [0.5, 0.6) is 0 Å². The third kappa shape index (κ3) is 3.08. The molecule has 0 bridgehead atoms. The summed E-state index contributed by atoms with van der Waals surface area (Å²) in [7, 11) is 1.65. The second-order valence-corrected chi connectivity index (χ2v) is 5.80.